The fraction of sp³-hybridized carbons (Fsp3) is 0.0625. The van der Waals surface area contributed by atoms with Crippen molar-refractivity contribution in [3.63, 3.8) is 0 Å². The standard InChI is InChI=1S/C16H12ClN3S/c17-10-5-7-11(8-6-10)18-16-20-15-12-3-1-2-4-13(12)19-14(15)9-21-16/h1-8,19H,9H2,(H,18,20). The number of nitrogens with one attached hydrogen (secondary N) is 2. The Hall–Kier alpha value is -1.91. The van der Waals surface area contributed by atoms with E-state index < -0.39 is 0 Å². The number of aromatic amines is 1. The molecule has 0 aliphatic carbocycles. The largest absolute Gasteiger partial charge is 0.356 e. The molecular formula is C16H12ClN3S. The van der Waals surface area contributed by atoms with Gasteiger partial charge in [-0.05, 0) is 30.3 Å². The molecule has 3 nitrogen and oxygen atoms in total. The molecule has 1 aromatic heterocycles. The summed E-state index contributed by atoms with van der Waals surface area (Å²) < 4.78 is 0. The summed E-state index contributed by atoms with van der Waals surface area (Å²) in [5, 5.41) is 6.16. The number of hydrogen-bond donors (Lipinski definition) is 2. The predicted octanol–water partition coefficient (Wildman–Crippen LogP) is 5.17. The summed E-state index contributed by atoms with van der Waals surface area (Å²) in [6, 6.07) is 15.9. The zero-order valence-electron chi connectivity index (χ0n) is 11.1. The van der Waals surface area contributed by atoms with Crippen molar-refractivity contribution in [1.82, 2.24) is 4.98 Å². The highest BCUT2D eigenvalue weighted by Crippen LogP contribution is 2.37. The van der Waals surface area contributed by atoms with Crippen LogP contribution >= 0.6 is 23.4 Å². The number of thioether (sulfide) groups is 1. The van der Waals surface area contributed by atoms with Gasteiger partial charge in [0, 0.05) is 27.4 Å². The Morgan fingerprint density at radius 3 is 2.76 bits per heavy atom. The molecule has 0 unspecified atom stereocenters. The quantitative estimate of drug-likeness (QED) is 0.651. The van der Waals surface area contributed by atoms with Crippen LogP contribution in [0.25, 0.3) is 10.9 Å². The molecule has 0 amide bonds. The Balaban J connectivity index is 1.70. The lowest BCUT2D eigenvalue weighted by Crippen LogP contribution is -2.10. The summed E-state index contributed by atoms with van der Waals surface area (Å²) in [6.07, 6.45) is 0. The number of amidine groups is 1. The van der Waals surface area contributed by atoms with Crippen LogP contribution in [-0.4, -0.2) is 10.2 Å². The van der Waals surface area contributed by atoms with E-state index in [-0.39, 0.29) is 0 Å². The van der Waals surface area contributed by atoms with Gasteiger partial charge < -0.3 is 10.3 Å². The Kier molecular flexibility index (Phi) is 3.13. The van der Waals surface area contributed by atoms with E-state index in [4.69, 9.17) is 16.6 Å². The topological polar surface area (TPSA) is 40.2 Å². The van der Waals surface area contributed by atoms with Crippen LogP contribution in [0.5, 0.6) is 0 Å². The van der Waals surface area contributed by atoms with E-state index in [0.29, 0.717) is 0 Å². The van der Waals surface area contributed by atoms with E-state index in [1.54, 1.807) is 11.8 Å². The van der Waals surface area contributed by atoms with Crippen LogP contribution < -0.4 is 5.32 Å². The first-order chi connectivity index (χ1) is 10.3. The molecule has 3 aromatic rings. The van der Waals surface area contributed by atoms with Crippen LogP contribution in [-0.2, 0) is 5.75 Å². The van der Waals surface area contributed by atoms with Crippen molar-refractivity contribution in [2.75, 3.05) is 5.32 Å². The average Bonchev–Trinajstić information content (AvgIpc) is 2.88. The Morgan fingerprint density at radius 1 is 1.10 bits per heavy atom. The maximum Gasteiger partial charge on any atom is 0.166 e. The molecule has 0 saturated carbocycles. The molecule has 21 heavy (non-hydrogen) atoms. The van der Waals surface area contributed by atoms with Crippen LogP contribution in [0.4, 0.5) is 11.4 Å². The highest BCUT2D eigenvalue weighted by molar-refractivity contribution is 8.13. The monoisotopic (exact) mass is 313 g/mol. The van der Waals surface area contributed by atoms with E-state index in [0.717, 1.165) is 32.8 Å². The minimum atomic E-state index is 0.734. The van der Waals surface area contributed by atoms with Crippen molar-refractivity contribution < 1.29 is 0 Å². The van der Waals surface area contributed by atoms with Gasteiger partial charge in [0.05, 0.1) is 11.4 Å². The van der Waals surface area contributed by atoms with E-state index >= 15 is 0 Å². The zero-order chi connectivity index (χ0) is 14.2. The lowest BCUT2D eigenvalue weighted by molar-refractivity contribution is 1.24. The molecule has 1 aliphatic heterocycles. The van der Waals surface area contributed by atoms with Crippen LogP contribution in [0.2, 0.25) is 5.02 Å². The number of aliphatic imine (C=N–C) groups is 1. The molecular weight excluding hydrogens is 302 g/mol. The molecule has 0 radical (unpaired) electrons. The number of nitrogens with zero attached hydrogens (tertiary/aromatic N) is 1. The maximum atomic E-state index is 5.90. The average molecular weight is 314 g/mol. The summed E-state index contributed by atoms with van der Waals surface area (Å²) >= 11 is 7.60. The van der Waals surface area contributed by atoms with Crippen LogP contribution in [0, 0.1) is 0 Å². The summed E-state index contributed by atoms with van der Waals surface area (Å²) in [7, 11) is 0. The number of rotatable bonds is 1. The number of H-pyrrole nitrogens is 1. The highest BCUT2D eigenvalue weighted by Gasteiger charge is 2.17. The summed E-state index contributed by atoms with van der Waals surface area (Å²) in [5.74, 6) is 0.892. The third-order valence-corrected chi connectivity index (χ3v) is 4.57. The molecule has 5 heteroatoms. The fourth-order valence-corrected chi connectivity index (χ4v) is 3.37. The van der Waals surface area contributed by atoms with Gasteiger partial charge in [-0.3, -0.25) is 0 Å². The van der Waals surface area contributed by atoms with Gasteiger partial charge >= 0.3 is 0 Å². The molecule has 0 fully saturated rings. The zero-order valence-corrected chi connectivity index (χ0v) is 12.6. The molecule has 0 saturated heterocycles. The van der Waals surface area contributed by atoms with Crippen molar-refractivity contribution >= 4 is 50.8 Å². The second kappa shape index (κ2) is 5.13. The van der Waals surface area contributed by atoms with E-state index in [1.165, 1.54) is 11.1 Å². The van der Waals surface area contributed by atoms with Crippen LogP contribution in [0.15, 0.2) is 53.5 Å². The second-order valence-electron chi connectivity index (χ2n) is 4.84. The molecule has 2 heterocycles. The first kappa shape index (κ1) is 12.8. The van der Waals surface area contributed by atoms with Crippen molar-refractivity contribution in [1.29, 1.82) is 0 Å². The number of halogens is 1. The number of fused-ring (bicyclic) bond motifs is 3. The van der Waals surface area contributed by atoms with Gasteiger partial charge in [-0.25, -0.2) is 4.99 Å². The number of hydrogen-bond acceptors (Lipinski definition) is 3. The maximum absolute atomic E-state index is 5.90. The van der Waals surface area contributed by atoms with Crippen LogP contribution in [0.1, 0.15) is 5.69 Å². The summed E-state index contributed by atoms with van der Waals surface area (Å²) in [4.78, 5) is 8.19. The SMILES string of the molecule is Clc1ccc(NC2=Nc3c([nH]c4ccccc34)CS2)cc1. The summed E-state index contributed by atoms with van der Waals surface area (Å²) in [6.45, 7) is 0. The lowest BCUT2D eigenvalue weighted by Gasteiger charge is -2.14. The van der Waals surface area contributed by atoms with Crippen molar-refractivity contribution in [3.8, 4) is 0 Å². The number of benzene rings is 2. The predicted molar refractivity (Wildman–Crippen MR) is 91.8 cm³/mol. The van der Waals surface area contributed by atoms with E-state index in [1.807, 2.05) is 36.4 Å². The number of aromatic nitrogens is 1. The lowest BCUT2D eigenvalue weighted by atomic mass is 10.2. The molecule has 0 bridgehead atoms. The van der Waals surface area contributed by atoms with E-state index in [2.05, 4.69) is 22.4 Å². The van der Waals surface area contributed by atoms with Gasteiger partial charge in [-0.2, -0.15) is 0 Å². The van der Waals surface area contributed by atoms with Crippen LogP contribution in [0.3, 0.4) is 0 Å². The molecule has 1 aliphatic rings. The number of para-hydroxylation sites is 1. The Morgan fingerprint density at radius 2 is 1.90 bits per heavy atom. The molecule has 104 valence electrons. The van der Waals surface area contributed by atoms with Crippen molar-refractivity contribution in [2.24, 2.45) is 4.99 Å². The second-order valence-corrected chi connectivity index (χ2v) is 6.24. The van der Waals surface area contributed by atoms with Gasteiger partial charge in [-0.1, -0.05) is 41.6 Å². The first-order valence-corrected chi connectivity index (χ1v) is 7.99. The van der Waals surface area contributed by atoms with Gasteiger partial charge in [0.1, 0.15) is 0 Å². The van der Waals surface area contributed by atoms with E-state index in [9.17, 15) is 0 Å². The molecule has 2 N–H and O–H groups in total. The van der Waals surface area contributed by atoms with Crippen molar-refractivity contribution in [3.05, 3.63) is 59.2 Å². The van der Waals surface area contributed by atoms with Gasteiger partial charge in [0.2, 0.25) is 0 Å². The normalized spacial score (nSPS) is 13.9. The van der Waals surface area contributed by atoms with Gasteiger partial charge in [0.25, 0.3) is 0 Å². The minimum Gasteiger partial charge on any atom is -0.356 e. The third-order valence-electron chi connectivity index (χ3n) is 3.42. The molecule has 2 aromatic carbocycles. The third kappa shape index (κ3) is 2.41. The molecule has 0 spiro atoms. The molecule has 4 rings (SSSR count). The summed E-state index contributed by atoms with van der Waals surface area (Å²) in [5.41, 5.74) is 4.36. The Labute approximate surface area is 131 Å². The first-order valence-electron chi connectivity index (χ1n) is 6.63. The van der Waals surface area contributed by atoms with Gasteiger partial charge in [0.15, 0.2) is 5.17 Å². The molecule has 0 atom stereocenters. The van der Waals surface area contributed by atoms with Crippen molar-refractivity contribution in [2.45, 2.75) is 5.75 Å². The fourth-order valence-electron chi connectivity index (χ4n) is 2.41. The highest BCUT2D eigenvalue weighted by atomic mass is 35.5. The minimum absolute atomic E-state index is 0.734. The van der Waals surface area contributed by atoms with Gasteiger partial charge in [-0.15, -0.1) is 0 Å². The Bertz CT molecular complexity index is 836. The smallest absolute Gasteiger partial charge is 0.166 e. The number of anilines is 1.